The minimum Gasteiger partial charge on any atom is -0.295 e. The van der Waals surface area contributed by atoms with Crippen molar-refractivity contribution >= 4 is 11.9 Å². The quantitative estimate of drug-likeness (QED) is 0.634. The molecule has 1 nitrogen and oxygen atoms in total. The molecule has 0 N–H and O–H groups in total. The summed E-state index contributed by atoms with van der Waals surface area (Å²) in [5.41, 5.74) is 2.15. The maximum Gasteiger partial charge on any atom is 0.159 e. The molecule has 1 heteroatoms. The van der Waals surface area contributed by atoms with Crippen LogP contribution in [0.2, 0.25) is 0 Å². The Morgan fingerprint density at radius 2 is 1.87 bits per heavy atom. The second kappa shape index (κ2) is 3.65. The fourth-order valence-corrected chi connectivity index (χ4v) is 2.06. The first kappa shape index (κ1) is 10.2. The fourth-order valence-electron chi connectivity index (χ4n) is 2.06. The van der Waals surface area contributed by atoms with Gasteiger partial charge in [0.1, 0.15) is 0 Å². The van der Waals surface area contributed by atoms with Crippen LogP contribution in [0.1, 0.15) is 32.3 Å². The van der Waals surface area contributed by atoms with Crippen LogP contribution in [0.5, 0.6) is 0 Å². The average molecular weight is 200 g/mol. The highest BCUT2D eigenvalue weighted by Crippen LogP contribution is 2.40. The number of hydrogen-bond acceptors (Lipinski definition) is 1. The molecule has 2 rings (SSSR count). The van der Waals surface area contributed by atoms with E-state index in [9.17, 15) is 4.79 Å². The molecule has 0 saturated heterocycles. The van der Waals surface area contributed by atoms with Gasteiger partial charge in [-0.1, -0.05) is 44.2 Å². The van der Waals surface area contributed by atoms with Crippen LogP contribution in [0.4, 0.5) is 0 Å². The Labute approximate surface area is 90.8 Å². The predicted octanol–water partition coefficient (Wildman–Crippen LogP) is 3.46. The topological polar surface area (TPSA) is 17.1 Å². The highest BCUT2D eigenvalue weighted by atomic mass is 16.1. The molecule has 1 aromatic carbocycles. The number of benzene rings is 1. The minimum atomic E-state index is 0.0485. The van der Waals surface area contributed by atoms with E-state index in [-0.39, 0.29) is 5.41 Å². The Bertz CT molecular complexity index is 399. The molecule has 1 aliphatic rings. The molecule has 0 aromatic heterocycles. The molecule has 1 aromatic rings. The van der Waals surface area contributed by atoms with Crippen LogP contribution in [0.15, 0.2) is 35.9 Å². The highest BCUT2D eigenvalue weighted by molar-refractivity contribution is 6.02. The lowest BCUT2D eigenvalue weighted by molar-refractivity contribution is -0.114. The standard InChI is InChI=1S/C14H16O/c1-14(2)9-8-13(15)12(14)10-11-6-4-3-5-7-11/h3-7,10H,8-9H2,1-2H3/b12-10-. The molecule has 0 spiro atoms. The molecule has 1 saturated carbocycles. The van der Waals surface area contributed by atoms with Gasteiger partial charge < -0.3 is 0 Å². The summed E-state index contributed by atoms with van der Waals surface area (Å²) in [6.45, 7) is 4.29. The van der Waals surface area contributed by atoms with Crippen molar-refractivity contribution in [2.45, 2.75) is 26.7 Å². The van der Waals surface area contributed by atoms with Gasteiger partial charge in [0.2, 0.25) is 0 Å². The number of Topliss-reactive ketones (excluding diaryl/α,β-unsaturated/α-hetero) is 1. The monoisotopic (exact) mass is 200 g/mol. The second-order valence-electron chi connectivity index (χ2n) is 4.78. The summed E-state index contributed by atoms with van der Waals surface area (Å²) in [6, 6.07) is 10.1. The lowest BCUT2D eigenvalue weighted by Gasteiger charge is -2.18. The van der Waals surface area contributed by atoms with Crippen molar-refractivity contribution in [2.24, 2.45) is 5.41 Å². The van der Waals surface area contributed by atoms with Gasteiger partial charge in [-0.05, 0) is 23.5 Å². The number of ketones is 1. The fraction of sp³-hybridized carbons (Fsp3) is 0.357. The van der Waals surface area contributed by atoms with Crippen LogP contribution in [0, 0.1) is 5.41 Å². The summed E-state index contributed by atoms with van der Waals surface area (Å²) in [4.78, 5) is 11.7. The Hall–Kier alpha value is -1.37. The summed E-state index contributed by atoms with van der Waals surface area (Å²) in [7, 11) is 0. The minimum absolute atomic E-state index is 0.0485. The molecule has 0 bridgehead atoms. The first-order valence-electron chi connectivity index (χ1n) is 5.40. The smallest absolute Gasteiger partial charge is 0.159 e. The lowest BCUT2D eigenvalue weighted by atomic mass is 9.86. The lowest BCUT2D eigenvalue weighted by Crippen LogP contribution is -2.10. The molecule has 1 fully saturated rings. The third-order valence-electron chi connectivity index (χ3n) is 3.12. The van der Waals surface area contributed by atoms with E-state index in [2.05, 4.69) is 13.8 Å². The van der Waals surface area contributed by atoms with Crippen molar-refractivity contribution in [3.63, 3.8) is 0 Å². The van der Waals surface area contributed by atoms with Crippen LogP contribution in [0.3, 0.4) is 0 Å². The maximum absolute atomic E-state index is 11.7. The summed E-state index contributed by atoms with van der Waals surface area (Å²) in [5.74, 6) is 0.309. The summed E-state index contributed by atoms with van der Waals surface area (Å²) in [6.07, 6.45) is 3.71. The number of carbonyl (C=O) groups is 1. The second-order valence-corrected chi connectivity index (χ2v) is 4.78. The van der Waals surface area contributed by atoms with Crippen molar-refractivity contribution in [1.82, 2.24) is 0 Å². The van der Waals surface area contributed by atoms with Gasteiger partial charge in [0.15, 0.2) is 5.78 Å². The Kier molecular flexibility index (Phi) is 2.47. The van der Waals surface area contributed by atoms with E-state index >= 15 is 0 Å². The molecule has 0 unspecified atom stereocenters. The molecule has 0 amide bonds. The van der Waals surface area contributed by atoms with Gasteiger partial charge >= 0.3 is 0 Å². The van der Waals surface area contributed by atoms with Crippen LogP contribution < -0.4 is 0 Å². The zero-order valence-electron chi connectivity index (χ0n) is 9.29. The van der Waals surface area contributed by atoms with Gasteiger partial charge in [0.25, 0.3) is 0 Å². The van der Waals surface area contributed by atoms with E-state index < -0.39 is 0 Å². The van der Waals surface area contributed by atoms with Crippen LogP contribution in [0.25, 0.3) is 6.08 Å². The van der Waals surface area contributed by atoms with Crippen molar-refractivity contribution in [2.75, 3.05) is 0 Å². The maximum atomic E-state index is 11.7. The number of allylic oxidation sites excluding steroid dienone is 1. The first-order chi connectivity index (χ1) is 7.09. The average Bonchev–Trinajstić information content (AvgIpc) is 2.47. The van der Waals surface area contributed by atoms with Gasteiger partial charge in [-0.15, -0.1) is 0 Å². The van der Waals surface area contributed by atoms with E-state index in [1.165, 1.54) is 0 Å². The van der Waals surface area contributed by atoms with Gasteiger partial charge in [-0.3, -0.25) is 4.79 Å². The molecule has 0 atom stereocenters. The molecular weight excluding hydrogens is 184 g/mol. The molecule has 0 radical (unpaired) electrons. The molecule has 1 aliphatic carbocycles. The largest absolute Gasteiger partial charge is 0.295 e. The third kappa shape index (κ3) is 2.01. The van der Waals surface area contributed by atoms with E-state index in [0.717, 1.165) is 17.6 Å². The molecule has 0 aliphatic heterocycles. The van der Waals surface area contributed by atoms with Gasteiger partial charge in [0, 0.05) is 12.0 Å². The van der Waals surface area contributed by atoms with Crippen LogP contribution >= 0.6 is 0 Å². The normalized spacial score (nSPS) is 22.3. The van der Waals surface area contributed by atoms with Gasteiger partial charge in [-0.2, -0.15) is 0 Å². The third-order valence-corrected chi connectivity index (χ3v) is 3.12. The molecule has 0 heterocycles. The van der Waals surface area contributed by atoms with E-state index in [4.69, 9.17) is 0 Å². The first-order valence-corrected chi connectivity index (χ1v) is 5.40. The number of rotatable bonds is 1. The van der Waals surface area contributed by atoms with Crippen molar-refractivity contribution < 1.29 is 4.79 Å². The highest BCUT2D eigenvalue weighted by Gasteiger charge is 2.34. The Morgan fingerprint density at radius 3 is 2.40 bits per heavy atom. The number of carbonyl (C=O) groups excluding carboxylic acids is 1. The molecule has 78 valence electrons. The van der Waals surface area contributed by atoms with Crippen LogP contribution in [-0.4, -0.2) is 5.78 Å². The Morgan fingerprint density at radius 1 is 1.20 bits per heavy atom. The van der Waals surface area contributed by atoms with Crippen molar-refractivity contribution in [1.29, 1.82) is 0 Å². The summed E-state index contributed by atoms with van der Waals surface area (Å²) >= 11 is 0. The van der Waals surface area contributed by atoms with Gasteiger partial charge in [0.05, 0.1) is 0 Å². The van der Waals surface area contributed by atoms with Crippen molar-refractivity contribution in [3.8, 4) is 0 Å². The van der Waals surface area contributed by atoms with Crippen molar-refractivity contribution in [3.05, 3.63) is 41.5 Å². The predicted molar refractivity (Wildman–Crippen MR) is 62.4 cm³/mol. The zero-order chi connectivity index (χ0) is 10.9. The summed E-state index contributed by atoms with van der Waals surface area (Å²) < 4.78 is 0. The van der Waals surface area contributed by atoms with Crippen LogP contribution in [-0.2, 0) is 4.79 Å². The summed E-state index contributed by atoms with van der Waals surface area (Å²) in [5, 5.41) is 0. The molecule has 15 heavy (non-hydrogen) atoms. The van der Waals surface area contributed by atoms with E-state index in [1.54, 1.807) is 0 Å². The molecular formula is C14H16O. The SMILES string of the molecule is CC1(C)CCC(=O)/C1=C/c1ccccc1. The van der Waals surface area contributed by atoms with E-state index in [0.29, 0.717) is 12.2 Å². The number of hydrogen-bond donors (Lipinski definition) is 0. The Balaban J connectivity index is 2.38. The zero-order valence-corrected chi connectivity index (χ0v) is 9.29. The van der Waals surface area contributed by atoms with E-state index in [1.807, 2.05) is 36.4 Å². The van der Waals surface area contributed by atoms with Gasteiger partial charge in [-0.25, -0.2) is 0 Å².